The monoisotopic (exact) mass is 310 g/mol. The van der Waals surface area contributed by atoms with Crippen LogP contribution >= 0.6 is 0 Å². The van der Waals surface area contributed by atoms with Gasteiger partial charge in [0.05, 0.1) is 5.56 Å². The maximum atomic E-state index is 12.1. The van der Waals surface area contributed by atoms with Gasteiger partial charge in [-0.15, -0.1) is 0 Å². The number of ether oxygens (including phenoxy) is 1. The van der Waals surface area contributed by atoms with Crippen LogP contribution in [-0.2, 0) is 4.74 Å². The quantitative estimate of drug-likeness (QED) is 0.908. The fourth-order valence-corrected chi connectivity index (χ4v) is 2.01. The number of aryl methyl sites for hydroxylation is 1. The van der Waals surface area contributed by atoms with Gasteiger partial charge in [0, 0.05) is 23.1 Å². The number of aromatic nitrogens is 1. The molecule has 0 spiro atoms. The standard InChI is InChI=1S/C16H14N4O3/c1-10-2-3-12(8-17-10)15(21)18-13-6-4-11(5-7-13)14-9-23-16(22)20-19-14/h2-8H,9H2,1H3,(H,18,21)(H,20,22). The van der Waals surface area contributed by atoms with Gasteiger partial charge in [-0.05, 0) is 31.2 Å². The molecule has 2 heterocycles. The van der Waals surface area contributed by atoms with E-state index in [1.54, 1.807) is 36.4 Å². The first kappa shape index (κ1) is 14.7. The first-order valence-electron chi connectivity index (χ1n) is 6.95. The van der Waals surface area contributed by atoms with Gasteiger partial charge in [0.25, 0.3) is 5.91 Å². The molecule has 1 aromatic heterocycles. The second kappa shape index (κ2) is 6.27. The normalized spacial score (nSPS) is 13.6. The van der Waals surface area contributed by atoms with Crippen LogP contribution in [0.1, 0.15) is 21.6 Å². The van der Waals surface area contributed by atoms with Gasteiger partial charge in [-0.25, -0.2) is 10.2 Å². The van der Waals surface area contributed by atoms with E-state index in [2.05, 4.69) is 20.8 Å². The number of cyclic esters (lactones) is 1. The van der Waals surface area contributed by atoms with E-state index in [0.29, 0.717) is 17.0 Å². The molecule has 2 N–H and O–H groups in total. The van der Waals surface area contributed by atoms with Crippen LogP contribution in [0.3, 0.4) is 0 Å². The van der Waals surface area contributed by atoms with Crippen LogP contribution in [-0.4, -0.2) is 29.3 Å². The minimum absolute atomic E-state index is 0.118. The van der Waals surface area contributed by atoms with E-state index < -0.39 is 6.09 Å². The molecule has 1 aromatic carbocycles. The third-order valence-corrected chi connectivity index (χ3v) is 3.27. The third-order valence-electron chi connectivity index (χ3n) is 3.27. The highest BCUT2D eigenvalue weighted by atomic mass is 16.6. The van der Waals surface area contributed by atoms with Crippen molar-refractivity contribution in [3.63, 3.8) is 0 Å². The number of rotatable bonds is 3. The molecule has 0 fully saturated rings. The molecule has 0 atom stereocenters. The van der Waals surface area contributed by atoms with Gasteiger partial charge in [0.15, 0.2) is 0 Å². The topological polar surface area (TPSA) is 92.7 Å². The van der Waals surface area contributed by atoms with E-state index in [1.807, 2.05) is 6.92 Å². The Labute approximate surface area is 132 Å². The summed E-state index contributed by atoms with van der Waals surface area (Å²) >= 11 is 0. The summed E-state index contributed by atoms with van der Waals surface area (Å²) in [5.74, 6) is -0.226. The molecule has 1 aliphatic heterocycles. The lowest BCUT2D eigenvalue weighted by Gasteiger charge is -2.13. The molecule has 0 saturated carbocycles. The number of nitrogens with one attached hydrogen (secondary N) is 2. The summed E-state index contributed by atoms with van der Waals surface area (Å²) in [6, 6.07) is 10.6. The zero-order valence-corrected chi connectivity index (χ0v) is 12.4. The minimum atomic E-state index is -0.565. The zero-order valence-electron chi connectivity index (χ0n) is 12.4. The number of hydrazone groups is 1. The highest BCUT2D eigenvalue weighted by Gasteiger charge is 2.14. The molecule has 0 radical (unpaired) electrons. The van der Waals surface area contributed by atoms with Crippen LogP contribution in [0.15, 0.2) is 47.7 Å². The molecular weight excluding hydrogens is 296 g/mol. The van der Waals surface area contributed by atoms with Gasteiger partial charge in [0.1, 0.15) is 12.3 Å². The Morgan fingerprint density at radius 1 is 1.22 bits per heavy atom. The van der Waals surface area contributed by atoms with E-state index >= 15 is 0 Å². The predicted octanol–water partition coefficient (Wildman–Crippen LogP) is 2.09. The molecule has 116 valence electrons. The summed E-state index contributed by atoms with van der Waals surface area (Å²) in [6.07, 6.45) is 0.972. The third kappa shape index (κ3) is 3.52. The number of carbonyl (C=O) groups excluding carboxylic acids is 2. The fourth-order valence-electron chi connectivity index (χ4n) is 2.01. The maximum Gasteiger partial charge on any atom is 0.428 e. The molecule has 2 amide bonds. The Kier molecular flexibility index (Phi) is 4.01. The molecule has 0 bridgehead atoms. The second-order valence-electron chi connectivity index (χ2n) is 4.97. The van der Waals surface area contributed by atoms with E-state index in [1.165, 1.54) is 6.20 Å². The van der Waals surface area contributed by atoms with Crippen molar-refractivity contribution in [3.05, 3.63) is 59.4 Å². The molecule has 7 heteroatoms. The second-order valence-corrected chi connectivity index (χ2v) is 4.97. The van der Waals surface area contributed by atoms with Crippen molar-refractivity contribution in [2.24, 2.45) is 5.10 Å². The van der Waals surface area contributed by atoms with Crippen molar-refractivity contribution < 1.29 is 14.3 Å². The molecule has 3 rings (SSSR count). The summed E-state index contributed by atoms with van der Waals surface area (Å²) in [5.41, 5.74) is 5.68. The molecular formula is C16H14N4O3. The highest BCUT2D eigenvalue weighted by molar-refractivity contribution is 6.05. The van der Waals surface area contributed by atoms with E-state index in [0.717, 1.165) is 11.3 Å². The van der Waals surface area contributed by atoms with Gasteiger partial charge >= 0.3 is 6.09 Å². The average Bonchev–Trinajstić information content (AvgIpc) is 2.57. The van der Waals surface area contributed by atoms with Crippen LogP contribution in [0.2, 0.25) is 0 Å². The van der Waals surface area contributed by atoms with Gasteiger partial charge in [-0.2, -0.15) is 5.10 Å². The molecule has 23 heavy (non-hydrogen) atoms. The largest absolute Gasteiger partial charge is 0.442 e. The van der Waals surface area contributed by atoms with Crippen molar-refractivity contribution in [1.29, 1.82) is 0 Å². The smallest absolute Gasteiger partial charge is 0.428 e. The summed E-state index contributed by atoms with van der Waals surface area (Å²) in [7, 11) is 0. The predicted molar refractivity (Wildman–Crippen MR) is 84.4 cm³/mol. The van der Waals surface area contributed by atoms with Gasteiger partial charge in [-0.3, -0.25) is 9.78 Å². The molecule has 0 saturated heterocycles. The molecule has 1 aliphatic rings. The Morgan fingerprint density at radius 2 is 2.00 bits per heavy atom. The van der Waals surface area contributed by atoms with E-state index in [4.69, 9.17) is 4.74 Å². The lowest BCUT2D eigenvalue weighted by molar-refractivity contribution is 0.102. The van der Waals surface area contributed by atoms with E-state index in [9.17, 15) is 9.59 Å². The molecule has 7 nitrogen and oxygen atoms in total. The zero-order chi connectivity index (χ0) is 16.2. The first-order valence-corrected chi connectivity index (χ1v) is 6.95. The number of benzene rings is 1. The van der Waals surface area contributed by atoms with Gasteiger partial charge < -0.3 is 10.1 Å². The summed E-state index contributed by atoms with van der Waals surface area (Å²) in [5, 5.41) is 6.72. The molecule has 0 aliphatic carbocycles. The van der Waals surface area contributed by atoms with Crippen molar-refractivity contribution in [3.8, 4) is 0 Å². The number of pyridine rings is 1. The Bertz CT molecular complexity index is 767. The van der Waals surface area contributed by atoms with Crippen molar-refractivity contribution in [2.75, 3.05) is 11.9 Å². The average molecular weight is 310 g/mol. The number of carbonyl (C=O) groups is 2. The minimum Gasteiger partial charge on any atom is -0.442 e. The summed E-state index contributed by atoms with van der Waals surface area (Å²) in [4.78, 5) is 27.1. The van der Waals surface area contributed by atoms with Crippen molar-refractivity contribution >= 4 is 23.4 Å². The maximum absolute atomic E-state index is 12.1. The van der Waals surface area contributed by atoms with Crippen LogP contribution in [0, 0.1) is 6.92 Å². The van der Waals surface area contributed by atoms with Gasteiger partial charge in [0.2, 0.25) is 0 Å². The Hall–Kier alpha value is -3.22. The number of nitrogens with zero attached hydrogens (tertiary/aromatic N) is 2. The van der Waals surface area contributed by atoms with E-state index in [-0.39, 0.29) is 12.5 Å². The van der Waals surface area contributed by atoms with Gasteiger partial charge in [-0.1, -0.05) is 12.1 Å². The highest BCUT2D eigenvalue weighted by Crippen LogP contribution is 2.13. The number of hydrogen-bond donors (Lipinski definition) is 2. The Morgan fingerprint density at radius 3 is 2.61 bits per heavy atom. The van der Waals surface area contributed by atoms with Crippen LogP contribution in [0.4, 0.5) is 10.5 Å². The summed E-state index contributed by atoms with van der Waals surface area (Å²) in [6.45, 7) is 1.98. The van der Waals surface area contributed by atoms with Crippen LogP contribution in [0.25, 0.3) is 0 Å². The number of amides is 2. The lowest BCUT2D eigenvalue weighted by Crippen LogP contribution is -2.30. The molecule has 0 unspecified atom stereocenters. The van der Waals surface area contributed by atoms with Crippen molar-refractivity contribution in [1.82, 2.24) is 10.4 Å². The first-order chi connectivity index (χ1) is 11.1. The Balaban J connectivity index is 1.69. The van der Waals surface area contributed by atoms with Crippen LogP contribution in [0.5, 0.6) is 0 Å². The van der Waals surface area contributed by atoms with Crippen molar-refractivity contribution in [2.45, 2.75) is 6.92 Å². The number of anilines is 1. The fraction of sp³-hybridized carbons (Fsp3) is 0.125. The molecule has 2 aromatic rings. The lowest BCUT2D eigenvalue weighted by atomic mass is 10.1. The summed E-state index contributed by atoms with van der Waals surface area (Å²) < 4.78 is 4.85. The SMILES string of the molecule is Cc1ccc(C(=O)Nc2ccc(C3=NNC(=O)OC3)cc2)cn1. The number of hydrogen-bond acceptors (Lipinski definition) is 5. The van der Waals surface area contributed by atoms with Crippen LogP contribution < -0.4 is 10.7 Å².